The van der Waals surface area contributed by atoms with Gasteiger partial charge in [0.1, 0.15) is 6.10 Å². The van der Waals surface area contributed by atoms with Crippen LogP contribution in [0.5, 0.6) is 0 Å². The Morgan fingerprint density at radius 1 is 1.17 bits per heavy atom. The van der Waals surface area contributed by atoms with E-state index in [4.69, 9.17) is 14.0 Å². The summed E-state index contributed by atoms with van der Waals surface area (Å²) in [6, 6.07) is 1.90. The molecule has 0 radical (unpaired) electrons. The third-order valence-electron chi connectivity index (χ3n) is 6.21. The molecule has 3 atom stereocenters. The van der Waals surface area contributed by atoms with Gasteiger partial charge in [0.2, 0.25) is 0 Å². The summed E-state index contributed by atoms with van der Waals surface area (Å²) in [6.45, 7) is 5.67. The normalized spacial score (nSPS) is 28.4. The van der Waals surface area contributed by atoms with Crippen LogP contribution in [0.1, 0.15) is 43.6 Å². The van der Waals surface area contributed by atoms with E-state index in [0.29, 0.717) is 45.7 Å². The minimum atomic E-state index is -0.571. The van der Waals surface area contributed by atoms with Gasteiger partial charge in [0.25, 0.3) is 0 Å². The number of ether oxygens (including phenoxy) is 2. The Morgan fingerprint density at radius 2 is 1.97 bits per heavy atom. The molecule has 0 unspecified atom stereocenters. The zero-order valence-corrected chi connectivity index (χ0v) is 17.6. The first-order chi connectivity index (χ1) is 14.7. The second kappa shape index (κ2) is 10.6. The summed E-state index contributed by atoms with van der Waals surface area (Å²) in [6.07, 6.45) is 4.88. The Balaban J connectivity index is 1.23. The Hall–Kier alpha value is -1.68. The van der Waals surface area contributed by atoms with Crippen LogP contribution in [0.15, 0.2) is 10.6 Å². The quantitative estimate of drug-likeness (QED) is 0.709. The predicted octanol–water partition coefficient (Wildman–Crippen LogP) is 1.15. The zero-order chi connectivity index (χ0) is 20.8. The maximum Gasteiger partial charge on any atom is 0.317 e. The number of amides is 2. The lowest BCUT2D eigenvalue weighted by atomic mass is 9.98. The van der Waals surface area contributed by atoms with Crippen LogP contribution in [0, 0.1) is 0 Å². The summed E-state index contributed by atoms with van der Waals surface area (Å²) in [7, 11) is 0. The molecule has 2 amide bonds. The predicted molar refractivity (Wildman–Crippen MR) is 109 cm³/mol. The average molecular weight is 423 g/mol. The van der Waals surface area contributed by atoms with Crippen LogP contribution in [0.3, 0.4) is 0 Å². The number of morpholine rings is 1. The van der Waals surface area contributed by atoms with Gasteiger partial charge in [0.05, 0.1) is 37.7 Å². The number of nitrogens with one attached hydrogen (secondary N) is 1. The Kier molecular flexibility index (Phi) is 7.59. The number of hydrogen-bond donors (Lipinski definition) is 2. The Bertz CT molecular complexity index is 672. The fourth-order valence-electron chi connectivity index (χ4n) is 4.45. The van der Waals surface area contributed by atoms with Gasteiger partial charge in [0, 0.05) is 32.1 Å². The number of nitrogens with zero attached hydrogens (tertiary/aromatic N) is 3. The van der Waals surface area contributed by atoms with Crippen molar-refractivity contribution in [1.82, 2.24) is 20.3 Å². The van der Waals surface area contributed by atoms with Gasteiger partial charge in [0.15, 0.2) is 5.76 Å². The summed E-state index contributed by atoms with van der Waals surface area (Å²) < 4.78 is 16.9. The van der Waals surface area contributed by atoms with Crippen molar-refractivity contribution in [2.24, 2.45) is 0 Å². The van der Waals surface area contributed by atoms with E-state index >= 15 is 0 Å². The highest BCUT2D eigenvalue weighted by Crippen LogP contribution is 2.23. The highest BCUT2D eigenvalue weighted by molar-refractivity contribution is 5.74. The highest BCUT2D eigenvalue weighted by atomic mass is 16.5. The third kappa shape index (κ3) is 5.94. The van der Waals surface area contributed by atoms with Crippen molar-refractivity contribution in [2.45, 2.75) is 63.4 Å². The van der Waals surface area contributed by atoms with Gasteiger partial charge in [-0.2, -0.15) is 0 Å². The number of aromatic nitrogens is 1. The number of hydrogen-bond acceptors (Lipinski definition) is 7. The lowest BCUT2D eigenvalue weighted by Gasteiger charge is -2.34. The lowest BCUT2D eigenvalue weighted by Crippen LogP contribution is -2.51. The van der Waals surface area contributed by atoms with Crippen molar-refractivity contribution in [2.75, 3.05) is 45.9 Å². The maximum absolute atomic E-state index is 12.3. The molecule has 0 aromatic carbocycles. The Morgan fingerprint density at radius 3 is 2.77 bits per heavy atom. The topological polar surface area (TPSA) is 100 Å². The van der Waals surface area contributed by atoms with E-state index in [2.05, 4.69) is 15.4 Å². The van der Waals surface area contributed by atoms with Crippen molar-refractivity contribution in [3.05, 3.63) is 17.5 Å². The first-order valence-corrected chi connectivity index (χ1v) is 11.3. The SMILES string of the molecule is O=C(NC[C@H]1O[C@H](Cc2cc(CN3CCCCC3)on2)CC[C@@H]1O)N1CCOCC1. The maximum atomic E-state index is 12.3. The van der Waals surface area contributed by atoms with E-state index < -0.39 is 12.2 Å². The molecule has 0 spiro atoms. The molecule has 30 heavy (non-hydrogen) atoms. The first-order valence-electron chi connectivity index (χ1n) is 11.3. The van der Waals surface area contributed by atoms with Crippen LogP contribution in [0.25, 0.3) is 0 Å². The Labute approximate surface area is 177 Å². The van der Waals surface area contributed by atoms with Crippen molar-refractivity contribution >= 4 is 6.03 Å². The number of rotatable bonds is 6. The average Bonchev–Trinajstić information content (AvgIpc) is 3.21. The van der Waals surface area contributed by atoms with E-state index in [1.807, 2.05) is 6.07 Å². The van der Waals surface area contributed by atoms with Gasteiger partial charge in [-0.1, -0.05) is 11.6 Å². The summed E-state index contributed by atoms with van der Waals surface area (Å²) in [5, 5.41) is 17.4. The van der Waals surface area contributed by atoms with Gasteiger partial charge in [-0.05, 0) is 38.8 Å². The van der Waals surface area contributed by atoms with Gasteiger partial charge < -0.3 is 29.3 Å². The van der Waals surface area contributed by atoms with E-state index in [1.54, 1.807) is 4.90 Å². The monoisotopic (exact) mass is 422 g/mol. The van der Waals surface area contributed by atoms with Crippen molar-refractivity contribution in [3.8, 4) is 0 Å². The number of aliphatic hydroxyl groups excluding tert-OH is 1. The summed E-state index contributed by atoms with van der Waals surface area (Å²) in [5.74, 6) is 0.900. The first kappa shape index (κ1) is 21.5. The summed E-state index contributed by atoms with van der Waals surface area (Å²) in [5.41, 5.74) is 0.888. The van der Waals surface area contributed by atoms with Crippen LogP contribution < -0.4 is 5.32 Å². The van der Waals surface area contributed by atoms with E-state index in [-0.39, 0.29) is 12.1 Å². The second-order valence-electron chi connectivity index (χ2n) is 8.55. The van der Waals surface area contributed by atoms with Crippen molar-refractivity contribution in [1.29, 1.82) is 0 Å². The van der Waals surface area contributed by atoms with E-state index in [0.717, 1.165) is 37.5 Å². The van der Waals surface area contributed by atoms with Gasteiger partial charge >= 0.3 is 6.03 Å². The molecule has 1 aromatic rings. The third-order valence-corrected chi connectivity index (χ3v) is 6.21. The largest absolute Gasteiger partial charge is 0.390 e. The summed E-state index contributed by atoms with van der Waals surface area (Å²) >= 11 is 0. The number of carbonyl (C=O) groups excluding carboxylic acids is 1. The van der Waals surface area contributed by atoms with Crippen molar-refractivity contribution < 1.29 is 23.9 Å². The molecule has 3 aliphatic heterocycles. The number of likely N-dealkylation sites (tertiary alicyclic amines) is 1. The summed E-state index contributed by atoms with van der Waals surface area (Å²) in [4.78, 5) is 16.4. The molecule has 3 fully saturated rings. The van der Waals surface area contributed by atoms with Crippen LogP contribution in [0.4, 0.5) is 4.79 Å². The second-order valence-corrected chi connectivity index (χ2v) is 8.55. The molecular formula is C21H34N4O5. The lowest BCUT2D eigenvalue weighted by molar-refractivity contribution is -0.114. The number of urea groups is 1. The molecule has 0 aliphatic carbocycles. The minimum absolute atomic E-state index is 0.0355. The van der Waals surface area contributed by atoms with Crippen LogP contribution in [0.2, 0.25) is 0 Å². The van der Waals surface area contributed by atoms with Crippen LogP contribution in [-0.2, 0) is 22.4 Å². The van der Waals surface area contributed by atoms with Gasteiger partial charge in [-0.3, -0.25) is 4.90 Å². The molecule has 9 nitrogen and oxygen atoms in total. The molecule has 3 aliphatic rings. The van der Waals surface area contributed by atoms with Gasteiger partial charge in [-0.25, -0.2) is 4.79 Å². The smallest absolute Gasteiger partial charge is 0.317 e. The molecule has 2 N–H and O–H groups in total. The molecule has 0 bridgehead atoms. The highest BCUT2D eigenvalue weighted by Gasteiger charge is 2.31. The molecule has 0 saturated carbocycles. The molecule has 1 aromatic heterocycles. The number of carbonyl (C=O) groups is 1. The van der Waals surface area contributed by atoms with E-state index in [9.17, 15) is 9.90 Å². The molecule has 9 heteroatoms. The van der Waals surface area contributed by atoms with Crippen molar-refractivity contribution in [3.63, 3.8) is 0 Å². The fourth-order valence-corrected chi connectivity index (χ4v) is 4.45. The molecular weight excluding hydrogens is 388 g/mol. The fraction of sp³-hybridized carbons (Fsp3) is 0.810. The van der Waals surface area contributed by atoms with Crippen LogP contribution in [-0.4, -0.2) is 90.3 Å². The van der Waals surface area contributed by atoms with E-state index in [1.165, 1.54) is 19.3 Å². The molecule has 4 heterocycles. The number of piperidine rings is 1. The molecule has 3 saturated heterocycles. The molecule has 4 rings (SSSR count). The molecule has 168 valence electrons. The number of aliphatic hydroxyl groups is 1. The van der Waals surface area contributed by atoms with Crippen LogP contribution >= 0.6 is 0 Å². The standard InChI is InChI=1S/C21H34N4O5/c26-19-5-4-17(29-20(19)14-22-21(27)25-8-10-28-11-9-25)12-16-13-18(30-23-16)15-24-6-2-1-3-7-24/h13,17,19-20,26H,1-12,14-15H2,(H,22,27)/t17-,19-,20+/m0/s1. The zero-order valence-electron chi connectivity index (χ0n) is 17.6. The van der Waals surface area contributed by atoms with Gasteiger partial charge in [-0.15, -0.1) is 0 Å². The minimum Gasteiger partial charge on any atom is -0.390 e.